The molecule has 0 aliphatic heterocycles. The zero-order chi connectivity index (χ0) is 28.5. The predicted octanol–water partition coefficient (Wildman–Crippen LogP) is 5.82. The molecule has 2 rings (SSSR count). The smallest absolute Gasteiger partial charge is 0.302 e. The summed E-state index contributed by atoms with van der Waals surface area (Å²) in [5.41, 5.74) is 1.70. The van der Waals surface area contributed by atoms with Gasteiger partial charge in [-0.15, -0.1) is 5.11 Å². The topological polar surface area (TPSA) is 165 Å². The van der Waals surface area contributed by atoms with Gasteiger partial charge in [0.1, 0.15) is 24.4 Å². The Morgan fingerprint density at radius 2 is 1.82 bits per heavy atom. The van der Waals surface area contributed by atoms with Crippen molar-refractivity contribution in [1.29, 1.82) is 10.5 Å². The third-order valence-corrected chi connectivity index (χ3v) is 5.21. The van der Waals surface area contributed by atoms with Crippen LogP contribution in [0.5, 0.6) is 0 Å². The number of unbranched alkanes of at least 4 members (excludes halogenated alkanes) is 2. The molecule has 0 saturated carbocycles. The number of aliphatic hydroxyl groups excluding tert-OH is 1. The van der Waals surface area contributed by atoms with E-state index in [1.54, 1.807) is 6.07 Å². The summed E-state index contributed by atoms with van der Waals surface area (Å²) in [6.07, 6.45) is 3.68. The standard InChI is InChI=1S/C23H24N6O4.C4H9O/c1-4-5-8-28(9-10-33-17(3)30)20-6-7-22(16(2)11-20)26-27-23-18(14-24)12-21(29(31)32)13-19(23)15-25;1-2-3-4-5/h6-7,11-13H,4-5,8-10H2,1-3H3;5H,1-4H2. The second-order valence-electron chi connectivity index (χ2n) is 8.15. The zero-order valence-electron chi connectivity index (χ0n) is 22.0. The molecule has 1 radical (unpaired) electrons. The number of non-ortho nitro benzene ring substituents is 1. The van der Waals surface area contributed by atoms with Gasteiger partial charge in [0.15, 0.2) is 0 Å². The minimum absolute atomic E-state index is 0.0139. The maximum Gasteiger partial charge on any atom is 0.302 e. The molecule has 0 atom stereocenters. The number of aliphatic hydroxyl groups is 1. The van der Waals surface area contributed by atoms with E-state index < -0.39 is 4.92 Å². The van der Waals surface area contributed by atoms with E-state index in [0.29, 0.717) is 12.2 Å². The first-order valence-corrected chi connectivity index (χ1v) is 12.2. The molecule has 0 aromatic heterocycles. The number of aryl methyl sites for hydroxylation is 1. The molecular formula is C27H33N6O5. The fourth-order valence-corrected chi connectivity index (χ4v) is 3.19. The van der Waals surface area contributed by atoms with Gasteiger partial charge in [0, 0.05) is 37.9 Å². The van der Waals surface area contributed by atoms with E-state index in [4.69, 9.17) is 9.84 Å². The van der Waals surface area contributed by atoms with Gasteiger partial charge in [-0.05, 0) is 43.5 Å². The van der Waals surface area contributed by atoms with Crippen molar-refractivity contribution < 1.29 is 19.6 Å². The Morgan fingerprint density at radius 1 is 1.16 bits per heavy atom. The fraction of sp³-hybridized carbons (Fsp3) is 0.407. The average molecular weight is 522 g/mol. The van der Waals surface area contributed by atoms with Crippen LogP contribution in [0.3, 0.4) is 0 Å². The molecule has 2 aromatic carbocycles. The number of anilines is 1. The van der Waals surface area contributed by atoms with Gasteiger partial charge in [0.25, 0.3) is 5.69 Å². The summed E-state index contributed by atoms with van der Waals surface area (Å²) in [6, 6.07) is 11.4. The number of benzene rings is 2. The fourth-order valence-electron chi connectivity index (χ4n) is 3.19. The Morgan fingerprint density at radius 3 is 2.26 bits per heavy atom. The number of nitro groups is 1. The van der Waals surface area contributed by atoms with E-state index in [2.05, 4.69) is 29.0 Å². The Bertz CT molecular complexity index is 1160. The number of carbonyl (C=O) groups is 1. The summed E-state index contributed by atoms with van der Waals surface area (Å²) in [5, 5.41) is 46.0. The van der Waals surface area contributed by atoms with E-state index in [-0.39, 0.29) is 41.7 Å². The third kappa shape index (κ3) is 10.3. The first kappa shape index (κ1) is 31.7. The highest BCUT2D eigenvalue weighted by atomic mass is 16.6. The van der Waals surface area contributed by atoms with Crippen molar-refractivity contribution >= 4 is 28.7 Å². The maximum absolute atomic E-state index is 11.1. The Labute approximate surface area is 223 Å². The molecule has 0 unspecified atom stereocenters. The molecule has 0 bridgehead atoms. The summed E-state index contributed by atoms with van der Waals surface area (Å²) in [4.78, 5) is 23.6. The quantitative estimate of drug-likeness (QED) is 0.158. The third-order valence-electron chi connectivity index (χ3n) is 5.21. The van der Waals surface area contributed by atoms with E-state index in [9.17, 15) is 25.4 Å². The molecule has 11 nitrogen and oxygen atoms in total. The molecule has 0 saturated heterocycles. The van der Waals surface area contributed by atoms with E-state index in [0.717, 1.165) is 55.6 Å². The van der Waals surface area contributed by atoms with Gasteiger partial charge >= 0.3 is 5.97 Å². The van der Waals surface area contributed by atoms with Crippen LogP contribution in [0, 0.1) is 46.6 Å². The van der Waals surface area contributed by atoms with Crippen LogP contribution in [-0.4, -0.2) is 42.3 Å². The van der Waals surface area contributed by atoms with Crippen molar-refractivity contribution in [2.75, 3.05) is 31.2 Å². The molecule has 38 heavy (non-hydrogen) atoms. The molecular weight excluding hydrogens is 488 g/mol. The van der Waals surface area contributed by atoms with Gasteiger partial charge in [-0.1, -0.05) is 26.7 Å². The first-order valence-electron chi connectivity index (χ1n) is 12.2. The van der Waals surface area contributed by atoms with Gasteiger partial charge in [-0.3, -0.25) is 14.9 Å². The number of hydrogen-bond donors (Lipinski definition) is 1. The van der Waals surface area contributed by atoms with Crippen molar-refractivity contribution in [2.24, 2.45) is 10.2 Å². The first-order chi connectivity index (χ1) is 18.2. The monoisotopic (exact) mass is 521 g/mol. The number of rotatable bonds is 12. The highest BCUT2D eigenvalue weighted by Crippen LogP contribution is 2.32. The average Bonchev–Trinajstić information content (AvgIpc) is 2.90. The summed E-state index contributed by atoms with van der Waals surface area (Å²) in [6.45, 7) is 10.8. The molecule has 0 fully saturated rings. The lowest BCUT2D eigenvalue weighted by atomic mass is 10.1. The highest BCUT2D eigenvalue weighted by molar-refractivity contribution is 5.67. The second-order valence-corrected chi connectivity index (χ2v) is 8.15. The molecule has 2 aromatic rings. The van der Waals surface area contributed by atoms with Crippen LogP contribution in [0.2, 0.25) is 0 Å². The molecule has 1 N–H and O–H groups in total. The summed E-state index contributed by atoms with van der Waals surface area (Å²) >= 11 is 0. The number of carbonyl (C=O) groups excluding carboxylic acids is 1. The predicted molar refractivity (Wildman–Crippen MR) is 143 cm³/mol. The van der Waals surface area contributed by atoms with E-state index >= 15 is 0 Å². The van der Waals surface area contributed by atoms with Crippen LogP contribution < -0.4 is 4.90 Å². The lowest BCUT2D eigenvalue weighted by molar-refractivity contribution is -0.384. The van der Waals surface area contributed by atoms with E-state index in [1.807, 2.05) is 31.2 Å². The summed E-state index contributed by atoms with van der Waals surface area (Å²) < 4.78 is 5.07. The minimum atomic E-state index is -0.669. The molecule has 0 aliphatic carbocycles. The van der Waals surface area contributed by atoms with E-state index in [1.165, 1.54) is 6.92 Å². The Kier molecular flexibility index (Phi) is 14.3. The second kappa shape index (κ2) is 17.2. The van der Waals surface area contributed by atoms with Crippen molar-refractivity contribution in [3.8, 4) is 12.1 Å². The molecule has 0 amide bonds. The SMILES string of the molecule is CCCCN(CCOC(C)=O)c1ccc(N=Nc2c(C#N)cc([N+](=O)[O-])cc2C#N)c(C)c1.[CH2]CCCO. The number of azo groups is 1. The number of hydrogen-bond acceptors (Lipinski definition) is 10. The van der Waals surface area contributed by atoms with Crippen molar-refractivity contribution in [2.45, 2.75) is 46.5 Å². The van der Waals surface area contributed by atoms with Crippen LogP contribution in [-0.2, 0) is 9.53 Å². The van der Waals surface area contributed by atoms with Crippen LogP contribution in [0.1, 0.15) is 56.2 Å². The van der Waals surface area contributed by atoms with Crippen molar-refractivity contribution in [3.63, 3.8) is 0 Å². The maximum atomic E-state index is 11.1. The summed E-state index contributed by atoms with van der Waals surface area (Å²) in [7, 11) is 0. The van der Waals surface area contributed by atoms with Crippen LogP contribution in [0.4, 0.5) is 22.7 Å². The van der Waals surface area contributed by atoms with Crippen LogP contribution >= 0.6 is 0 Å². The molecule has 11 heteroatoms. The Hall–Kier alpha value is -4.35. The molecule has 0 spiro atoms. The number of nitriles is 2. The number of ether oxygens (including phenoxy) is 1. The molecule has 201 valence electrons. The normalized spacial score (nSPS) is 10.2. The zero-order valence-corrected chi connectivity index (χ0v) is 22.0. The van der Waals surface area contributed by atoms with Gasteiger partial charge in [-0.25, -0.2) is 0 Å². The van der Waals surface area contributed by atoms with Crippen LogP contribution in [0.15, 0.2) is 40.6 Å². The van der Waals surface area contributed by atoms with Gasteiger partial charge in [-0.2, -0.15) is 15.6 Å². The van der Waals surface area contributed by atoms with Gasteiger partial charge in [0.05, 0.1) is 28.3 Å². The van der Waals surface area contributed by atoms with Crippen molar-refractivity contribution in [3.05, 3.63) is 64.1 Å². The molecule has 0 heterocycles. The number of nitro benzene ring substituents is 1. The number of nitrogens with zero attached hydrogens (tertiary/aromatic N) is 6. The lowest BCUT2D eigenvalue weighted by Crippen LogP contribution is -2.29. The van der Waals surface area contributed by atoms with Crippen molar-refractivity contribution in [1.82, 2.24) is 0 Å². The van der Waals surface area contributed by atoms with Gasteiger partial charge < -0.3 is 14.7 Å². The molecule has 0 aliphatic rings. The lowest BCUT2D eigenvalue weighted by Gasteiger charge is -2.25. The van der Waals surface area contributed by atoms with Crippen LogP contribution in [0.25, 0.3) is 0 Å². The highest BCUT2D eigenvalue weighted by Gasteiger charge is 2.17. The Balaban J connectivity index is 0.00000132. The number of esters is 1. The minimum Gasteiger partial charge on any atom is -0.464 e. The largest absolute Gasteiger partial charge is 0.464 e. The summed E-state index contributed by atoms with van der Waals surface area (Å²) in [5.74, 6) is -0.322. The van der Waals surface area contributed by atoms with Gasteiger partial charge in [0.2, 0.25) is 0 Å².